The number of benzene rings is 2. The van der Waals surface area contributed by atoms with E-state index in [1.165, 1.54) is 38.5 Å². The average molecular weight is 332 g/mol. The van der Waals surface area contributed by atoms with Crippen molar-refractivity contribution in [2.75, 3.05) is 26.1 Å². The molecule has 0 saturated carbocycles. The van der Waals surface area contributed by atoms with E-state index in [0.717, 1.165) is 0 Å². The van der Waals surface area contributed by atoms with Gasteiger partial charge in [-0.1, -0.05) is 6.07 Å². The molecule has 0 atom stereocenters. The second-order valence-electron chi connectivity index (χ2n) is 4.78. The third-order valence-electron chi connectivity index (χ3n) is 3.19. The molecule has 0 unspecified atom stereocenters. The van der Waals surface area contributed by atoms with Crippen LogP contribution >= 0.6 is 0 Å². The number of hydrogen-bond acceptors (Lipinski definition) is 4. The lowest BCUT2D eigenvalue weighted by molar-refractivity contribution is -0.115. The highest BCUT2D eigenvalue weighted by atomic mass is 19.1. The number of ether oxygens (including phenoxy) is 2. The molecule has 0 spiro atoms. The molecule has 7 heteroatoms. The second-order valence-corrected chi connectivity index (χ2v) is 4.78. The van der Waals surface area contributed by atoms with Crippen molar-refractivity contribution in [2.24, 2.45) is 0 Å². The number of carbonyl (C=O) groups excluding carboxylic acids is 2. The van der Waals surface area contributed by atoms with Crippen LogP contribution in [0.1, 0.15) is 10.4 Å². The van der Waals surface area contributed by atoms with Gasteiger partial charge in [0.1, 0.15) is 22.9 Å². The largest absolute Gasteiger partial charge is 0.496 e. The summed E-state index contributed by atoms with van der Waals surface area (Å²) in [7, 11) is 2.87. The standard InChI is InChI=1S/C17H17FN2O4/c1-23-13-4-3-5-14(24-2)16(13)17(22)19-10-15(21)20-12-8-6-11(18)7-9-12/h3-9H,10H2,1-2H3,(H,19,22)(H,20,21). The van der Waals surface area contributed by atoms with Gasteiger partial charge in [-0.25, -0.2) is 4.39 Å². The highest BCUT2D eigenvalue weighted by molar-refractivity contribution is 6.02. The number of methoxy groups -OCH3 is 2. The maximum absolute atomic E-state index is 12.8. The molecular formula is C17H17FN2O4. The van der Waals surface area contributed by atoms with Crippen LogP contribution in [0.2, 0.25) is 0 Å². The Labute approximate surface area is 138 Å². The van der Waals surface area contributed by atoms with Crippen LogP contribution in [-0.2, 0) is 4.79 Å². The molecule has 6 nitrogen and oxygen atoms in total. The Balaban J connectivity index is 2.00. The monoisotopic (exact) mass is 332 g/mol. The highest BCUT2D eigenvalue weighted by Crippen LogP contribution is 2.27. The molecule has 0 aliphatic carbocycles. The van der Waals surface area contributed by atoms with Gasteiger partial charge in [0.2, 0.25) is 5.91 Å². The fraction of sp³-hybridized carbons (Fsp3) is 0.176. The number of halogens is 1. The van der Waals surface area contributed by atoms with E-state index >= 15 is 0 Å². The first kappa shape index (κ1) is 17.3. The van der Waals surface area contributed by atoms with E-state index < -0.39 is 17.6 Å². The Morgan fingerprint density at radius 2 is 1.58 bits per heavy atom. The zero-order valence-corrected chi connectivity index (χ0v) is 13.3. The molecule has 24 heavy (non-hydrogen) atoms. The van der Waals surface area contributed by atoms with Crippen LogP contribution in [0.4, 0.5) is 10.1 Å². The maximum atomic E-state index is 12.8. The van der Waals surface area contributed by atoms with E-state index in [9.17, 15) is 14.0 Å². The van der Waals surface area contributed by atoms with Crippen molar-refractivity contribution in [3.8, 4) is 11.5 Å². The van der Waals surface area contributed by atoms with Crippen LogP contribution in [-0.4, -0.2) is 32.6 Å². The zero-order chi connectivity index (χ0) is 17.5. The molecule has 0 aliphatic rings. The molecule has 2 rings (SSSR count). The third kappa shape index (κ3) is 4.22. The van der Waals surface area contributed by atoms with Crippen LogP contribution in [0, 0.1) is 5.82 Å². The zero-order valence-electron chi connectivity index (χ0n) is 13.3. The van der Waals surface area contributed by atoms with Gasteiger partial charge in [-0.05, 0) is 36.4 Å². The van der Waals surface area contributed by atoms with Crippen LogP contribution < -0.4 is 20.1 Å². The van der Waals surface area contributed by atoms with Gasteiger partial charge in [0, 0.05) is 5.69 Å². The van der Waals surface area contributed by atoms with E-state index in [2.05, 4.69) is 10.6 Å². The molecule has 0 aliphatic heterocycles. The smallest absolute Gasteiger partial charge is 0.259 e. The normalized spacial score (nSPS) is 9.96. The Kier molecular flexibility index (Phi) is 5.73. The summed E-state index contributed by atoms with van der Waals surface area (Å²) in [4.78, 5) is 24.2. The van der Waals surface area contributed by atoms with Gasteiger partial charge in [-0.3, -0.25) is 9.59 Å². The minimum Gasteiger partial charge on any atom is -0.496 e. The summed E-state index contributed by atoms with van der Waals surface area (Å²) >= 11 is 0. The molecule has 2 aromatic carbocycles. The molecule has 0 aromatic heterocycles. The van der Waals surface area contributed by atoms with Crippen LogP contribution in [0.15, 0.2) is 42.5 Å². The van der Waals surface area contributed by atoms with E-state index in [4.69, 9.17) is 9.47 Å². The summed E-state index contributed by atoms with van der Waals surface area (Å²) < 4.78 is 23.1. The second kappa shape index (κ2) is 7.96. The summed E-state index contributed by atoms with van der Waals surface area (Å²) in [5, 5.41) is 5.05. The third-order valence-corrected chi connectivity index (χ3v) is 3.19. The predicted octanol–water partition coefficient (Wildman–Crippen LogP) is 2.21. The summed E-state index contributed by atoms with van der Waals surface area (Å²) in [5.41, 5.74) is 0.641. The molecule has 126 valence electrons. The first-order valence-electron chi connectivity index (χ1n) is 7.09. The van der Waals surface area contributed by atoms with Gasteiger partial charge in [0.05, 0.1) is 20.8 Å². The number of rotatable bonds is 6. The highest BCUT2D eigenvalue weighted by Gasteiger charge is 2.18. The van der Waals surface area contributed by atoms with Crippen LogP contribution in [0.5, 0.6) is 11.5 Å². The molecule has 2 N–H and O–H groups in total. The number of amides is 2. The van der Waals surface area contributed by atoms with Gasteiger partial charge in [0.15, 0.2) is 0 Å². The topological polar surface area (TPSA) is 76.7 Å². The summed E-state index contributed by atoms with van der Waals surface area (Å²) in [5.74, 6) is -0.663. The average Bonchev–Trinajstić information content (AvgIpc) is 2.60. The van der Waals surface area contributed by atoms with Gasteiger partial charge in [-0.2, -0.15) is 0 Å². The van der Waals surface area contributed by atoms with Crippen molar-refractivity contribution < 1.29 is 23.5 Å². The lowest BCUT2D eigenvalue weighted by Crippen LogP contribution is -2.33. The number of nitrogens with one attached hydrogen (secondary N) is 2. The Bertz CT molecular complexity index is 710. The quantitative estimate of drug-likeness (QED) is 0.850. The van der Waals surface area contributed by atoms with Gasteiger partial charge < -0.3 is 20.1 Å². The lowest BCUT2D eigenvalue weighted by atomic mass is 10.1. The lowest BCUT2D eigenvalue weighted by Gasteiger charge is -2.13. The number of anilines is 1. The maximum Gasteiger partial charge on any atom is 0.259 e. The van der Waals surface area contributed by atoms with Gasteiger partial charge in [0.25, 0.3) is 5.91 Å². The molecule has 2 amide bonds. The van der Waals surface area contributed by atoms with Crippen molar-refractivity contribution in [1.29, 1.82) is 0 Å². The fourth-order valence-corrected chi connectivity index (χ4v) is 2.06. The molecule has 0 fully saturated rings. The van der Waals surface area contributed by atoms with Gasteiger partial charge in [-0.15, -0.1) is 0 Å². The molecule has 0 heterocycles. The Morgan fingerprint density at radius 1 is 1.00 bits per heavy atom. The number of hydrogen-bond donors (Lipinski definition) is 2. The minimum absolute atomic E-state index is 0.206. The van der Waals surface area contributed by atoms with Crippen molar-refractivity contribution in [2.45, 2.75) is 0 Å². The van der Waals surface area contributed by atoms with Crippen LogP contribution in [0.3, 0.4) is 0 Å². The molecule has 0 saturated heterocycles. The summed E-state index contributed by atoms with van der Waals surface area (Å²) in [6, 6.07) is 10.3. The van der Waals surface area contributed by atoms with Gasteiger partial charge >= 0.3 is 0 Å². The van der Waals surface area contributed by atoms with E-state index in [0.29, 0.717) is 17.2 Å². The minimum atomic E-state index is -0.501. The predicted molar refractivity (Wildman–Crippen MR) is 86.9 cm³/mol. The van der Waals surface area contributed by atoms with E-state index in [1.807, 2.05) is 0 Å². The fourth-order valence-electron chi connectivity index (χ4n) is 2.06. The molecule has 0 bridgehead atoms. The SMILES string of the molecule is COc1cccc(OC)c1C(=O)NCC(=O)Nc1ccc(F)cc1. The molecular weight excluding hydrogens is 315 g/mol. The summed E-state index contributed by atoms with van der Waals surface area (Å²) in [6.45, 7) is -0.253. The van der Waals surface area contributed by atoms with E-state index in [-0.39, 0.29) is 12.1 Å². The Hall–Kier alpha value is -3.09. The van der Waals surface area contributed by atoms with Crippen molar-refractivity contribution in [3.63, 3.8) is 0 Å². The van der Waals surface area contributed by atoms with Crippen molar-refractivity contribution in [1.82, 2.24) is 5.32 Å². The van der Waals surface area contributed by atoms with Crippen molar-refractivity contribution >= 4 is 17.5 Å². The molecule has 2 aromatic rings. The van der Waals surface area contributed by atoms with Crippen LogP contribution in [0.25, 0.3) is 0 Å². The first-order chi connectivity index (χ1) is 11.5. The van der Waals surface area contributed by atoms with E-state index in [1.54, 1.807) is 18.2 Å². The number of carbonyl (C=O) groups is 2. The first-order valence-corrected chi connectivity index (χ1v) is 7.09. The summed E-state index contributed by atoms with van der Waals surface area (Å²) in [6.07, 6.45) is 0. The Morgan fingerprint density at radius 3 is 2.12 bits per heavy atom. The van der Waals surface area contributed by atoms with Crippen molar-refractivity contribution in [3.05, 3.63) is 53.8 Å². The molecule has 0 radical (unpaired) electrons.